The number of piperidine rings is 2. The first-order valence-electron chi connectivity index (χ1n) is 29.2. The Morgan fingerprint density at radius 2 is 1.20 bits per heavy atom. The van der Waals surface area contributed by atoms with E-state index in [0.29, 0.717) is 45.0 Å². The standard InChI is InChI=1S/C36H44N4O5.C30H35N5OS/c1-2-45-34(41)20-12-23-39-32-18-9-10-19-33(32)40(35(39)42)31-21-24-38(36(43)44)30(25-31)17-11-22-37(26-28-13-5-3-6-14-28)27-29-15-7-4-8-16-29;1-23(34(21-24-10-4-2-5-11-24)22-25-12-6-3-7-13-25)20-31-30(37)33-18-16-26(17-19-33)35-28-15-9-8-14-27(28)32-29(35)36/h3-10,13-16,18-19,30-31H,2,11-12,17,20-27H2,1H3,(H,43,44);2-15,23,26H,16-22H2,1H3,(H,31,37)(H,32,36)/t30-,31?;23-/m00/s1. The summed E-state index contributed by atoms with van der Waals surface area (Å²) in [7, 11) is 0. The number of nitrogens with zero attached hydrogens (tertiary/aromatic N) is 7. The van der Waals surface area contributed by atoms with Crippen LogP contribution in [0.2, 0.25) is 0 Å². The Bertz CT molecular complexity index is 3330. The molecule has 0 aliphatic carbocycles. The van der Waals surface area contributed by atoms with Crippen LogP contribution in [-0.2, 0) is 42.3 Å². The fourth-order valence-electron chi connectivity index (χ4n) is 11.9. The van der Waals surface area contributed by atoms with Crippen molar-refractivity contribution < 1.29 is 19.4 Å². The number of aromatic nitrogens is 4. The second-order valence-electron chi connectivity index (χ2n) is 21.8. The quantitative estimate of drug-likeness (QED) is 0.0439. The Kier molecular flexibility index (Phi) is 21.0. The average molecular weight is 1130 g/mol. The second-order valence-corrected chi connectivity index (χ2v) is 22.2. The van der Waals surface area contributed by atoms with Gasteiger partial charge in [0.1, 0.15) is 0 Å². The number of esters is 1. The lowest BCUT2D eigenvalue weighted by atomic mass is 9.93. The molecule has 8 aromatic rings. The number of thiocarbonyl (C=S) groups is 1. The molecule has 2 saturated heterocycles. The normalized spacial score (nSPS) is 16.0. The van der Waals surface area contributed by atoms with Crippen molar-refractivity contribution in [3.63, 3.8) is 0 Å². The van der Waals surface area contributed by atoms with Gasteiger partial charge >= 0.3 is 23.4 Å². The van der Waals surface area contributed by atoms with E-state index in [2.05, 4.69) is 141 Å². The molecule has 1 amide bonds. The summed E-state index contributed by atoms with van der Waals surface area (Å²) in [6.07, 6.45) is 4.37. The van der Waals surface area contributed by atoms with Crippen molar-refractivity contribution in [2.75, 3.05) is 39.3 Å². The molecule has 10 rings (SSSR count). The summed E-state index contributed by atoms with van der Waals surface area (Å²) in [5.74, 6) is -0.260. The summed E-state index contributed by atoms with van der Waals surface area (Å²) >= 11 is 5.80. The van der Waals surface area contributed by atoms with E-state index in [1.807, 2.05) is 69.8 Å². The Morgan fingerprint density at radius 1 is 0.671 bits per heavy atom. The first kappa shape index (κ1) is 58.9. The first-order valence-corrected chi connectivity index (χ1v) is 29.6. The Balaban J connectivity index is 0.000000201. The lowest BCUT2D eigenvalue weighted by molar-refractivity contribution is -0.143. The fraction of sp³-hybridized carbons (Fsp3) is 0.379. The summed E-state index contributed by atoms with van der Waals surface area (Å²) < 4.78 is 10.6. The second kappa shape index (κ2) is 29.3. The van der Waals surface area contributed by atoms with Gasteiger partial charge in [0.25, 0.3) is 0 Å². The number of likely N-dealkylation sites (tertiary alicyclic amines) is 2. The van der Waals surface area contributed by atoms with Gasteiger partial charge in [-0.2, -0.15) is 0 Å². The van der Waals surface area contributed by atoms with Gasteiger partial charge < -0.3 is 29.9 Å². The van der Waals surface area contributed by atoms with E-state index in [1.54, 1.807) is 16.4 Å². The molecule has 0 saturated carbocycles. The molecule has 2 aliphatic rings. The lowest BCUT2D eigenvalue weighted by Crippen LogP contribution is -2.48. The number of rotatable bonds is 22. The van der Waals surface area contributed by atoms with Crippen LogP contribution in [-0.4, -0.2) is 112 Å². The van der Waals surface area contributed by atoms with E-state index >= 15 is 0 Å². The van der Waals surface area contributed by atoms with Gasteiger partial charge in [-0.3, -0.25) is 28.3 Å². The highest BCUT2D eigenvalue weighted by atomic mass is 32.1. The predicted molar refractivity (Wildman–Crippen MR) is 330 cm³/mol. The number of benzene rings is 6. The SMILES string of the molecule is CCOC(=O)CCCn1c(=O)n(C2CCN(C(=O)O)[C@@H](CCCN(Cc3ccccc3)Cc3ccccc3)C2)c2ccccc21.C[C@@H](CNC(=S)N1CCC(n2c(=O)[nH]c3ccccc32)CC1)N(Cc1ccccc1)Cc1ccccc1. The zero-order valence-electron chi connectivity index (χ0n) is 47.4. The zero-order valence-corrected chi connectivity index (χ0v) is 48.3. The van der Waals surface area contributed by atoms with Crippen LogP contribution in [0.15, 0.2) is 179 Å². The Hall–Kier alpha value is -7.79. The summed E-state index contributed by atoms with van der Waals surface area (Å²) in [6, 6.07) is 58.0. The maximum Gasteiger partial charge on any atom is 0.407 e. The molecule has 16 heteroatoms. The number of nitrogens with one attached hydrogen (secondary N) is 2. The van der Waals surface area contributed by atoms with Crippen LogP contribution in [0, 0.1) is 0 Å². The first-order chi connectivity index (χ1) is 40.0. The van der Waals surface area contributed by atoms with Crippen molar-refractivity contribution in [2.24, 2.45) is 0 Å². The van der Waals surface area contributed by atoms with Crippen LogP contribution < -0.4 is 16.7 Å². The van der Waals surface area contributed by atoms with E-state index in [1.165, 1.54) is 22.3 Å². The number of imidazole rings is 2. The lowest BCUT2D eigenvalue weighted by Gasteiger charge is -2.38. The molecule has 0 bridgehead atoms. The van der Waals surface area contributed by atoms with Crippen LogP contribution in [0.25, 0.3) is 22.1 Å². The van der Waals surface area contributed by atoms with Gasteiger partial charge in [0, 0.05) is 89.5 Å². The van der Waals surface area contributed by atoms with Crippen LogP contribution in [0.1, 0.15) is 99.6 Å². The molecule has 6 aromatic carbocycles. The number of para-hydroxylation sites is 4. The fourth-order valence-corrected chi connectivity index (χ4v) is 12.2. The largest absolute Gasteiger partial charge is 0.466 e. The number of carbonyl (C=O) groups excluding carboxylic acids is 1. The summed E-state index contributed by atoms with van der Waals surface area (Å²) in [6.45, 7) is 11.9. The number of hydrogen-bond acceptors (Lipinski definition) is 8. The van der Waals surface area contributed by atoms with E-state index in [-0.39, 0.29) is 41.9 Å². The number of aryl methyl sites for hydroxylation is 1. The number of carbonyl (C=O) groups is 2. The number of ether oxygens (including phenoxy) is 1. The van der Waals surface area contributed by atoms with Crippen molar-refractivity contribution in [1.29, 1.82) is 0 Å². The third-order valence-electron chi connectivity index (χ3n) is 16.1. The highest BCUT2D eigenvalue weighted by Gasteiger charge is 2.34. The van der Waals surface area contributed by atoms with Crippen LogP contribution in [0.3, 0.4) is 0 Å². The van der Waals surface area contributed by atoms with Gasteiger partial charge in [-0.15, -0.1) is 0 Å². The number of aromatic amines is 1. The number of carboxylic acid groups (broad SMARTS) is 1. The molecule has 3 N–H and O–H groups in total. The topological polar surface area (TPSA) is 153 Å². The smallest absolute Gasteiger partial charge is 0.407 e. The summed E-state index contributed by atoms with van der Waals surface area (Å²) in [5, 5.41) is 14.4. The van der Waals surface area contributed by atoms with Crippen molar-refractivity contribution >= 4 is 51.5 Å². The van der Waals surface area contributed by atoms with Gasteiger partial charge in [0.2, 0.25) is 0 Å². The molecule has 15 nitrogen and oxygen atoms in total. The van der Waals surface area contributed by atoms with Crippen LogP contribution in [0.4, 0.5) is 4.79 Å². The van der Waals surface area contributed by atoms with E-state index < -0.39 is 6.09 Å². The maximum absolute atomic E-state index is 13.8. The maximum atomic E-state index is 13.8. The Labute approximate surface area is 486 Å². The van der Waals surface area contributed by atoms with Gasteiger partial charge in [-0.1, -0.05) is 146 Å². The van der Waals surface area contributed by atoms with Gasteiger partial charge in [0.05, 0.1) is 28.7 Å². The van der Waals surface area contributed by atoms with E-state index in [9.17, 15) is 24.3 Å². The van der Waals surface area contributed by atoms with Crippen molar-refractivity contribution in [3.8, 4) is 0 Å². The molecule has 0 radical (unpaired) electrons. The number of H-pyrrole nitrogens is 1. The molecule has 2 aromatic heterocycles. The third kappa shape index (κ3) is 15.6. The average Bonchev–Trinajstić information content (AvgIpc) is 3.31. The molecule has 82 heavy (non-hydrogen) atoms. The minimum Gasteiger partial charge on any atom is -0.466 e. The molecule has 430 valence electrons. The molecule has 3 atom stereocenters. The highest BCUT2D eigenvalue weighted by Crippen LogP contribution is 2.32. The van der Waals surface area contributed by atoms with Crippen LogP contribution in [0.5, 0.6) is 0 Å². The molecule has 0 spiro atoms. The molecule has 4 heterocycles. The number of amides is 1. The van der Waals surface area contributed by atoms with Crippen LogP contribution >= 0.6 is 12.2 Å². The van der Waals surface area contributed by atoms with Crippen molar-refractivity contribution in [1.82, 2.24) is 43.6 Å². The molecule has 2 aliphatic heterocycles. The molecule has 1 unspecified atom stereocenters. The summed E-state index contributed by atoms with van der Waals surface area (Å²) in [5.41, 5.74) is 8.55. The zero-order chi connectivity index (χ0) is 57.2. The van der Waals surface area contributed by atoms with Gasteiger partial charge in [-0.05, 0) is 124 Å². The van der Waals surface area contributed by atoms with Crippen molar-refractivity contribution in [2.45, 2.75) is 122 Å². The minimum absolute atomic E-state index is 0.0221. The molecule has 2 fully saturated rings. The highest BCUT2D eigenvalue weighted by molar-refractivity contribution is 7.80. The van der Waals surface area contributed by atoms with E-state index in [0.717, 1.165) is 105 Å². The number of hydrogen-bond donors (Lipinski definition) is 3. The monoisotopic (exact) mass is 1130 g/mol. The Morgan fingerprint density at radius 3 is 1.77 bits per heavy atom. The molecular weight excluding hydrogens is 1050 g/mol. The van der Waals surface area contributed by atoms with Gasteiger partial charge in [0.15, 0.2) is 5.11 Å². The third-order valence-corrected chi connectivity index (χ3v) is 16.5. The van der Waals surface area contributed by atoms with Crippen molar-refractivity contribution in [3.05, 3.63) is 213 Å². The summed E-state index contributed by atoms with van der Waals surface area (Å²) in [4.78, 5) is 62.4. The number of fused-ring (bicyclic) bond motifs is 2. The van der Waals surface area contributed by atoms with E-state index in [4.69, 9.17) is 17.0 Å². The minimum atomic E-state index is -0.905. The molecular formula is C66H79N9O6S. The van der Waals surface area contributed by atoms with Gasteiger partial charge in [-0.25, -0.2) is 14.4 Å². The predicted octanol–water partition coefficient (Wildman–Crippen LogP) is 11.2.